The molecular weight excluding hydrogens is 223 g/mol. The van der Waals surface area contributed by atoms with Gasteiger partial charge in [-0.15, -0.1) is 11.6 Å². The Labute approximate surface area is 92.8 Å². The van der Waals surface area contributed by atoms with Crippen molar-refractivity contribution in [1.82, 2.24) is 0 Å². The zero-order valence-electron chi connectivity index (χ0n) is 7.72. The fraction of sp³-hybridized carbons (Fsp3) is 0.300. The number of benzene rings is 1. The van der Waals surface area contributed by atoms with E-state index in [1.807, 2.05) is 0 Å². The molecule has 76 valence electrons. The van der Waals surface area contributed by atoms with Crippen molar-refractivity contribution in [2.24, 2.45) is 0 Å². The predicted octanol–water partition coefficient (Wildman–Crippen LogP) is 3.26. The topological polar surface area (TPSA) is 26.3 Å². The third-order valence-electron chi connectivity index (χ3n) is 1.72. The van der Waals surface area contributed by atoms with Crippen molar-refractivity contribution in [3.63, 3.8) is 0 Å². The summed E-state index contributed by atoms with van der Waals surface area (Å²) in [6.07, 6.45) is 0. The van der Waals surface area contributed by atoms with Crippen LogP contribution in [0.3, 0.4) is 0 Å². The molecule has 0 fully saturated rings. The first-order valence-corrected chi connectivity index (χ1v) is 5.12. The first kappa shape index (κ1) is 11.3. The molecular formula is C10H10Cl2O2. The average molecular weight is 233 g/mol. The van der Waals surface area contributed by atoms with E-state index in [0.29, 0.717) is 22.8 Å². The van der Waals surface area contributed by atoms with Crippen molar-refractivity contribution >= 4 is 29.2 Å². The molecule has 1 rings (SSSR count). The van der Waals surface area contributed by atoms with Crippen molar-refractivity contribution in [3.05, 3.63) is 34.3 Å². The van der Waals surface area contributed by atoms with Gasteiger partial charge in [0.2, 0.25) is 0 Å². The van der Waals surface area contributed by atoms with E-state index < -0.39 is 5.97 Å². The van der Waals surface area contributed by atoms with Crippen LogP contribution < -0.4 is 0 Å². The number of esters is 1. The minimum atomic E-state index is -0.422. The second-order valence-corrected chi connectivity index (χ2v) is 3.30. The van der Waals surface area contributed by atoms with Gasteiger partial charge in [0.1, 0.15) is 0 Å². The molecule has 0 saturated carbocycles. The standard InChI is InChI=1S/C10H10Cl2O2/c1-2-14-10(13)9-7(6-11)4-3-5-8(9)12/h3-5H,2,6H2,1H3. The molecule has 0 N–H and O–H groups in total. The van der Waals surface area contributed by atoms with E-state index in [0.717, 1.165) is 0 Å². The van der Waals surface area contributed by atoms with E-state index in [-0.39, 0.29) is 5.88 Å². The Hall–Kier alpha value is -0.730. The quantitative estimate of drug-likeness (QED) is 0.591. The van der Waals surface area contributed by atoms with Gasteiger partial charge in [0.05, 0.1) is 17.2 Å². The van der Waals surface area contributed by atoms with Gasteiger partial charge in [-0.2, -0.15) is 0 Å². The van der Waals surface area contributed by atoms with Gasteiger partial charge in [-0.25, -0.2) is 4.79 Å². The minimum absolute atomic E-state index is 0.245. The molecule has 0 aliphatic rings. The Kier molecular flexibility index (Phi) is 4.23. The van der Waals surface area contributed by atoms with Crippen molar-refractivity contribution in [3.8, 4) is 0 Å². The SMILES string of the molecule is CCOC(=O)c1c(Cl)cccc1CCl. The molecule has 0 aliphatic carbocycles. The number of ether oxygens (including phenoxy) is 1. The van der Waals surface area contributed by atoms with Crippen LogP contribution in [-0.4, -0.2) is 12.6 Å². The Bertz CT molecular complexity index is 337. The van der Waals surface area contributed by atoms with Crippen LogP contribution in [0.25, 0.3) is 0 Å². The highest BCUT2D eigenvalue weighted by Crippen LogP contribution is 2.22. The zero-order chi connectivity index (χ0) is 10.6. The fourth-order valence-electron chi connectivity index (χ4n) is 1.11. The lowest BCUT2D eigenvalue weighted by molar-refractivity contribution is 0.0525. The summed E-state index contributed by atoms with van der Waals surface area (Å²) < 4.78 is 4.87. The second-order valence-electron chi connectivity index (χ2n) is 2.63. The Morgan fingerprint density at radius 2 is 2.21 bits per heavy atom. The van der Waals surface area contributed by atoms with Crippen molar-refractivity contribution in [2.45, 2.75) is 12.8 Å². The molecule has 0 aliphatic heterocycles. The maximum absolute atomic E-state index is 11.5. The van der Waals surface area contributed by atoms with E-state index >= 15 is 0 Å². The van der Waals surface area contributed by atoms with Crippen LogP contribution in [0.5, 0.6) is 0 Å². The van der Waals surface area contributed by atoms with Crippen LogP contribution in [0, 0.1) is 0 Å². The van der Waals surface area contributed by atoms with Crippen LogP contribution in [0.4, 0.5) is 0 Å². The Morgan fingerprint density at radius 1 is 1.50 bits per heavy atom. The predicted molar refractivity (Wildman–Crippen MR) is 57.0 cm³/mol. The van der Waals surface area contributed by atoms with Crippen molar-refractivity contribution < 1.29 is 9.53 Å². The monoisotopic (exact) mass is 232 g/mol. The maximum atomic E-state index is 11.5. The highest BCUT2D eigenvalue weighted by atomic mass is 35.5. The number of alkyl halides is 1. The van der Waals surface area contributed by atoms with E-state index in [9.17, 15) is 4.79 Å². The van der Waals surface area contributed by atoms with Gasteiger partial charge in [-0.05, 0) is 18.6 Å². The molecule has 0 bridgehead atoms. The summed E-state index contributed by atoms with van der Waals surface area (Å²) in [5.41, 5.74) is 1.06. The summed E-state index contributed by atoms with van der Waals surface area (Å²) in [5, 5.41) is 0.376. The number of hydrogen-bond acceptors (Lipinski definition) is 2. The van der Waals surface area contributed by atoms with E-state index in [1.165, 1.54) is 0 Å². The number of hydrogen-bond donors (Lipinski definition) is 0. The summed E-state index contributed by atoms with van der Waals surface area (Å²) in [7, 11) is 0. The molecule has 0 heterocycles. The zero-order valence-corrected chi connectivity index (χ0v) is 9.23. The lowest BCUT2D eigenvalue weighted by Gasteiger charge is -2.07. The summed E-state index contributed by atoms with van der Waals surface area (Å²) in [6.45, 7) is 2.07. The molecule has 14 heavy (non-hydrogen) atoms. The number of halogens is 2. The number of carbonyl (C=O) groups is 1. The van der Waals surface area contributed by atoms with E-state index in [1.54, 1.807) is 25.1 Å². The summed E-state index contributed by atoms with van der Waals surface area (Å²) in [6, 6.07) is 5.15. The highest BCUT2D eigenvalue weighted by Gasteiger charge is 2.15. The van der Waals surface area contributed by atoms with Crippen molar-refractivity contribution in [1.29, 1.82) is 0 Å². The summed E-state index contributed by atoms with van der Waals surface area (Å²) >= 11 is 11.6. The smallest absolute Gasteiger partial charge is 0.339 e. The molecule has 0 spiro atoms. The first-order chi connectivity index (χ1) is 6.70. The molecule has 4 heteroatoms. The molecule has 0 unspecified atom stereocenters. The van der Waals surface area contributed by atoms with Gasteiger partial charge < -0.3 is 4.74 Å². The van der Waals surface area contributed by atoms with Gasteiger partial charge >= 0.3 is 5.97 Å². The van der Waals surface area contributed by atoms with E-state index in [2.05, 4.69) is 0 Å². The Balaban J connectivity index is 3.10. The van der Waals surface area contributed by atoms with Gasteiger partial charge in [-0.3, -0.25) is 0 Å². The normalized spacial score (nSPS) is 9.93. The summed E-state index contributed by atoms with van der Waals surface area (Å²) in [4.78, 5) is 11.5. The minimum Gasteiger partial charge on any atom is -0.462 e. The van der Waals surface area contributed by atoms with Crippen molar-refractivity contribution in [2.75, 3.05) is 6.61 Å². The average Bonchev–Trinajstić information content (AvgIpc) is 2.17. The molecule has 1 aromatic carbocycles. The van der Waals surface area contributed by atoms with Gasteiger partial charge in [0.15, 0.2) is 0 Å². The van der Waals surface area contributed by atoms with Crippen LogP contribution in [-0.2, 0) is 10.6 Å². The lowest BCUT2D eigenvalue weighted by atomic mass is 10.1. The van der Waals surface area contributed by atoms with E-state index in [4.69, 9.17) is 27.9 Å². The fourth-order valence-corrected chi connectivity index (χ4v) is 1.61. The molecule has 1 aromatic rings. The van der Waals surface area contributed by atoms with Crippen LogP contribution in [0.2, 0.25) is 5.02 Å². The first-order valence-electron chi connectivity index (χ1n) is 4.21. The molecule has 0 aromatic heterocycles. The number of carbonyl (C=O) groups excluding carboxylic acids is 1. The van der Waals surface area contributed by atoms with Crippen LogP contribution >= 0.6 is 23.2 Å². The second kappa shape index (κ2) is 5.23. The van der Waals surface area contributed by atoms with Crippen LogP contribution in [0.15, 0.2) is 18.2 Å². The highest BCUT2D eigenvalue weighted by molar-refractivity contribution is 6.34. The molecule has 0 radical (unpaired) electrons. The number of rotatable bonds is 3. The van der Waals surface area contributed by atoms with Gasteiger partial charge in [0.25, 0.3) is 0 Å². The molecule has 0 saturated heterocycles. The molecule has 0 atom stereocenters. The largest absolute Gasteiger partial charge is 0.462 e. The molecule has 0 amide bonds. The van der Waals surface area contributed by atoms with Crippen LogP contribution in [0.1, 0.15) is 22.8 Å². The Morgan fingerprint density at radius 3 is 2.79 bits per heavy atom. The lowest BCUT2D eigenvalue weighted by Crippen LogP contribution is -2.08. The summed E-state index contributed by atoms with van der Waals surface area (Å²) in [5.74, 6) is -0.178. The third-order valence-corrected chi connectivity index (χ3v) is 2.33. The molecule has 2 nitrogen and oxygen atoms in total. The third kappa shape index (κ3) is 2.40. The van der Waals surface area contributed by atoms with Gasteiger partial charge in [0, 0.05) is 5.88 Å². The maximum Gasteiger partial charge on any atom is 0.339 e. The van der Waals surface area contributed by atoms with Gasteiger partial charge in [-0.1, -0.05) is 23.7 Å².